The van der Waals surface area contributed by atoms with Crippen molar-refractivity contribution in [2.75, 3.05) is 0 Å². The fraction of sp³-hybridized carbons (Fsp3) is 0.182. The molecule has 0 saturated heterocycles. The van der Waals surface area contributed by atoms with E-state index in [1.807, 2.05) is 6.20 Å². The standard InChI is InChI=1S/C11H8ClIN4S/c1-2-7-3-8-9(17-5-6(13)4-14-17)15-11(12)16-10(8)18-7/h3-5H,2H2,1H3. The molecule has 7 heteroatoms. The maximum Gasteiger partial charge on any atom is 0.225 e. The Morgan fingerprint density at radius 2 is 2.28 bits per heavy atom. The molecule has 3 aromatic heterocycles. The van der Waals surface area contributed by atoms with Gasteiger partial charge in [-0.15, -0.1) is 11.3 Å². The van der Waals surface area contributed by atoms with Crippen LogP contribution in [0.1, 0.15) is 11.8 Å². The minimum absolute atomic E-state index is 0.257. The van der Waals surface area contributed by atoms with E-state index in [1.54, 1.807) is 22.2 Å². The summed E-state index contributed by atoms with van der Waals surface area (Å²) in [5, 5.41) is 5.53. The number of rotatable bonds is 2. The Bertz CT molecular complexity index is 721. The summed E-state index contributed by atoms with van der Waals surface area (Å²) in [5.41, 5.74) is 0. The lowest BCUT2D eigenvalue weighted by molar-refractivity contribution is 0.851. The number of aromatic nitrogens is 4. The fourth-order valence-corrected chi connectivity index (χ4v) is 3.26. The maximum atomic E-state index is 5.97. The van der Waals surface area contributed by atoms with Gasteiger partial charge in [-0.25, -0.2) is 9.67 Å². The average molecular weight is 391 g/mol. The summed E-state index contributed by atoms with van der Waals surface area (Å²) >= 11 is 9.84. The summed E-state index contributed by atoms with van der Waals surface area (Å²) in [5.74, 6) is 0.740. The molecule has 3 aromatic rings. The molecule has 0 aliphatic heterocycles. The molecule has 0 aliphatic carbocycles. The van der Waals surface area contributed by atoms with Crippen molar-refractivity contribution in [1.29, 1.82) is 0 Å². The lowest BCUT2D eigenvalue weighted by Crippen LogP contribution is -1.99. The lowest BCUT2D eigenvalue weighted by atomic mass is 10.3. The van der Waals surface area contributed by atoms with Crippen LogP contribution in [0.25, 0.3) is 16.0 Å². The quantitative estimate of drug-likeness (QED) is 0.495. The Kier molecular flexibility index (Phi) is 3.25. The molecule has 18 heavy (non-hydrogen) atoms. The van der Waals surface area contributed by atoms with Crippen molar-refractivity contribution in [1.82, 2.24) is 19.7 Å². The van der Waals surface area contributed by atoms with E-state index in [9.17, 15) is 0 Å². The van der Waals surface area contributed by atoms with Gasteiger partial charge in [0.05, 0.1) is 15.2 Å². The monoisotopic (exact) mass is 390 g/mol. The van der Waals surface area contributed by atoms with Gasteiger partial charge in [0.15, 0.2) is 5.82 Å². The van der Waals surface area contributed by atoms with Crippen molar-refractivity contribution >= 4 is 55.7 Å². The number of thiophene rings is 1. The second kappa shape index (κ2) is 4.75. The fourth-order valence-electron chi connectivity index (χ4n) is 1.70. The molecule has 0 saturated carbocycles. The number of hydrogen-bond acceptors (Lipinski definition) is 4. The summed E-state index contributed by atoms with van der Waals surface area (Å²) in [7, 11) is 0. The molecule has 4 nitrogen and oxygen atoms in total. The van der Waals surface area contributed by atoms with Crippen molar-refractivity contribution in [3.05, 3.63) is 32.2 Å². The van der Waals surface area contributed by atoms with E-state index in [0.29, 0.717) is 0 Å². The second-order valence-electron chi connectivity index (χ2n) is 3.70. The van der Waals surface area contributed by atoms with Gasteiger partial charge in [-0.2, -0.15) is 10.1 Å². The highest BCUT2D eigenvalue weighted by molar-refractivity contribution is 14.1. The molecule has 0 aromatic carbocycles. The molecule has 0 spiro atoms. The molecular formula is C11H8ClIN4S. The van der Waals surface area contributed by atoms with Gasteiger partial charge in [0.25, 0.3) is 0 Å². The first-order chi connectivity index (χ1) is 8.67. The van der Waals surface area contributed by atoms with Crippen LogP contribution in [0.15, 0.2) is 18.5 Å². The van der Waals surface area contributed by atoms with Crippen LogP contribution in [0.4, 0.5) is 0 Å². The largest absolute Gasteiger partial charge is 0.225 e. The highest BCUT2D eigenvalue weighted by Gasteiger charge is 2.12. The summed E-state index contributed by atoms with van der Waals surface area (Å²) < 4.78 is 2.80. The molecule has 0 fully saturated rings. The van der Waals surface area contributed by atoms with Crippen LogP contribution >= 0.6 is 45.5 Å². The van der Waals surface area contributed by atoms with Gasteiger partial charge in [0.2, 0.25) is 5.28 Å². The molecule has 0 radical (unpaired) electrons. The molecule has 0 aliphatic rings. The Balaban J connectivity index is 2.29. The van der Waals surface area contributed by atoms with Gasteiger partial charge in [-0.1, -0.05) is 6.92 Å². The van der Waals surface area contributed by atoms with Crippen LogP contribution in [0.5, 0.6) is 0 Å². The number of aryl methyl sites for hydroxylation is 1. The minimum atomic E-state index is 0.257. The van der Waals surface area contributed by atoms with E-state index in [4.69, 9.17) is 11.6 Å². The predicted octanol–water partition coefficient (Wildman–Crippen LogP) is 3.70. The molecule has 0 amide bonds. The third-order valence-electron chi connectivity index (χ3n) is 2.51. The van der Waals surface area contributed by atoms with E-state index in [1.165, 1.54) is 4.88 Å². The summed E-state index contributed by atoms with van der Waals surface area (Å²) in [6.07, 6.45) is 4.69. The van der Waals surface area contributed by atoms with Crippen LogP contribution < -0.4 is 0 Å². The zero-order valence-corrected chi connectivity index (χ0v) is 13.1. The molecular weight excluding hydrogens is 383 g/mol. The van der Waals surface area contributed by atoms with Gasteiger partial charge < -0.3 is 0 Å². The number of fused-ring (bicyclic) bond motifs is 1. The molecule has 0 unspecified atom stereocenters. The zero-order chi connectivity index (χ0) is 12.7. The number of halogens is 2. The first kappa shape index (κ1) is 12.3. The van der Waals surface area contributed by atoms with Crippen molar-refractivity contribution in [3.8, 4) is 5.82 Å². The smallest absolute Gasteiger partial charge is 0.221 e. The molecule has 3 rings (SSSR count). The van der Waals surface area contributed by atoms with Gasteiger partial charge in [0.1, 0.15) is 4.83 Å². The number of nitrogens with zero attached hydrogens (tertiary/aromatic N) is 4. The maximum absolute atomic E-state index is 5.97. The van der Waals surface area contributed by atoms with Gasteiger partial charge >= 0.3 is 0 Å². The van der Waals surface area contributed by atoms with Gasteiger partial charge in [0, 0.05) is 11.1 Å². The third-order valence-corrected chi connectivity index (χ3v) is 4.41. The molecule has 0 atom stereocenters. The second-order valence-corrected chi connectivity index (χ2v) is 6.40. The lowest BCUT2D eigenvalue weighted by Gasteiger charge is -2.01. The van der Waals surface area contributed by atoms with Crippen molar-refractivity contribution in [3.63, 3.8) is 0 Å². The van der Waals surface area contributed by atoms with Gasteiger partial charge in [-0.05, 0) is 46.7 Å². The third kappa shape index (κ3) is 2.12. The number of hydrogen-bond donors (Lipinski definition) is 0. The van der Waals surface area contributed by atoms with Crippen molar-refractivity contribution in [2.45, 2.75) is 13.3 Å². The van der Waals surface area contributed by atoms with Crippen molar-refractivity contribution in [2.24, 2.45) is 0 Å². The minimum Gasteiger partial charge on any atom is -0.221 e. The van der Waals surface area contributed by atoms with E-state index in [-0.39, 0.29) is 5.28 Å². The van der Waals surface area contributed by atoms with E-state index in [2.05, 4.69) is 50.6 Å². The summed E-state index contributed by atoms with van der Waals surface area (Å²) in [6.45, 7) is 2.12. The normalized spacial score (nSPS) is 11.3. The summed E-state index contributed by atoms with van der Waals surface area (Å²) in [6, 6.07) is 2.11. The highest BCUT2D eigenvalue weighted by atomic mass is 127. The van der Waals surface area contributed by atoms with Gasteiger partial charge in [-0.3, -0.25) is 0 Å². The molecule has 3 heterocycles. The van der Waals surface area contributed by atoms with E-state index in [0.717, 1.165) is 26.0 Å². The Morgan fingerprint density at radius 1 is 1.44 bits per heavy atom. The van der Waals surface area contributed by atoms with E-state index < -0.39 is 0 Å². The average Bonchev–Trinajstić information content (AvgIpc) is 2.93. The van der Waals surface area contributed by atoms with Crippen LogP contribution in [0, 0.1) is 3.57 Å². The van der Waals surface area contributed by atoms with E-state index >= 15 is 0 Å². The predicted molar refractivity (Wildman–Crippen MR) is 81.6 cm³/mol. The Hall–Kier alpha value is -0.730. The Labute approximate surface area is 126 Å². The molecule has 0 bridgehead atoms. The van der Waals surface area contributed by atoms with Crippen LogP contribution in [-0.4, -0.2) is 19.7 Å². The SMILES string of the molecule is CCc1cc2c(-n3cc(I)cn3)nc(Cl)nc2s1. The molecule has 0 N–H and O–H groups in total. The van der Waals surface area contributed by atoms with Crippen LogP contribution in [0.2, 0.25) is 5.28 Å². The molecule has 92 valence electrons. The zero-order valence-electron chi connectivity index (χ0n) is 9.39. The van der Waals surface area contributed by atoms with Crippen molar-refractivity contribution < 1.29 is 0 Å². The Morgan fingerprint density at radius 3 is 2.94 bits per heavy atom. The first-order valence-corrected chi connectivity index (χ1v) is 7.61. The summed E-state index contributed by atoms with van der Waals surface area (Å²) in [4.78, 5) is 10.7. The van der Waals surface area contributed by atoms with Crippen LogP contribution in [0.3, 0.4) is 0 Å². The topological polar surface area (TPSA) is 43.6 Å². The first-order valence-electron chi connectivity index (χ1n) is 5.34. The highest BCUT2D eigenvalue weighted by Crippen LogP contribution is 2.29. The van der Waals surface area contributed by atoms with Crippen LogP contribution in [-0.2, 0) is 6.42 Å².